The van der Waals surface area contributed by atoms with Crippen molar-refractivity contribution >= 4 is 29.9 Å². The van der Waals surface area contributed by atoms with Crippen LogP contribution in [0.3, 0.4) is 0 Å². The van der Waals surface area contributed by atoms with E-state index in [-0.39, 0.29) is 24.4 Å². The Balaban J connectivity index is 0.00000243. The van der Waals surface area contributed by atoms with Gasteiger partial charge in [-0.05, 0) is 35.2 Å². The van der Waals surface area contributed by atoms with Crippen molar-refractivity contribution in [3.05, 3.63) is 70.2 Å². The topological polar surface area (TPSA) is 41.6 Å². The molecule has 1 aliphatic heterocycles. The molecule has 1 heterocycles. The highest BCUT2D eigenvalue weighted by molar-refractivity contribution is 6.30. The predicted octanol–water partition coefficient (Wildman–Crippen LogP) is 3.62. The average molecular weight is 395 g/mol. The summed E-state index contributed by atoms with van der Waals surface area (Å²) >= 11 is 6.15. The van der Waals surface area contributed by atoms with Gasteiger partial charge >= 0.3 is 0 Å². The second kappa shape index (κ2) is 9.93. The third kappa shape index (κ3) is 4.98. The van der Waals surface area contributed by atoms with E-state index >= 15 is 0 Å². The Morgan fingerprint density at radius 2 is 2.00 bits per heavy atom. The molecule has 1 aliphatic rings. The lowest BCUT2D eigenvalue weighted by molar-refractivity contribution is -0.134. The van der Waals surface area contributed by atoms with Gasteiger partial charge in [0.15, 0.2) is 0 Å². The number of ether oxygens (including phenoxy) is 1. The van der Waals surface area contributed by atoms with Crippen LogP contribution in [0.5, 0.6) is 0 Å². The molecule has 0 radical (unpaired) electrons. The standard InChI is InChI=1S/C20H23ClN2O2.ClH/c1-25-10-9-22-13-20(24)23-14-17-11-18(21)8-7-16(17)12-19(23)15-5-3-2-4-6-15;/h2-8,11,19,22H,9-10,12-14H2,1H3;1H. The molecular formula is C20H24Cl2N2O2. The van der Waals surface area contributed by atoms with E-state index in [1.165, 1.54) is 5.56 Å². The molecule has 4 nitrogen and oxygen atoms in total. The van der Waals surface area contributed by atoms with E-state index in [1.54, 1.807) is 7.11 Å². The molecule has 0 saturated carbocycles. The number of hydrogen-bond acceptors (Lipinski definition) is 3. The van der Waals surface area contributed by atoms with Crippen LogP contribution in [0.25, 0.3) is 0 Å². The smallest absolute Gasteiger partial charge is 0.237 e. The van der Waals surface area contributed by atoms with Gasteiger partial charge in [-0.25, -0.2) is 0 Å². The number of methoxy groups -OCH3 is 1. The van der Waals surface area contributed by atoms with E-state index in [9.17, 15) is 4.79 Å². The Hall–Kier alpha value is -1.59. The summed E-state index contributed by atoms with van der Waals surface area (Å²) in [5.74, 6) is 0.0931. The fourth-order valence-corrected chi connectivity index (χ4v) is 3.45. The molecule has 1 N–H and O–H groups in total. The van der Waals surface area contributed by atoms with Crippen LogP contribution in [0.15, 0.2) is 48.5 Å². The van der Waals surface area contributed by atoms with Crippen molar-refractivity contribution in [2.24, 2.45) is 0 Å². The zero-order valence-corrected chi connectivity index (χ0v) is 16.4. The van der Waals surface area contributed by atoms with Crippen molar-refractivity contribution in [3.8, 4) is 0 Å². The first-order valence-corrected chi connectivity index (χ1v) is 8.88. The number of fused-ring (bicyclic) bond motifs is 1. The summed E-state index contributed by atoms with van der Waals surface area (Å²) in [7, 11) is 1.65. The predicted molar refractivity (Wildman–Crippen MR) is 107 cm³/mol. The summed E-state index contributed by atoms with van der Waals surface area (Å²) in [6, 6.07) is 16.2. The van der Waals surface area contributed by atoms with Gasteiger partial charge in [-0.3, -0.25) is 4.79 Å². The quantitative estimate of drug-likeness (QED) is 0.760. The minimum absolute atomic E-state index is 0. The monoisotopic (exact) mass is 394 g/mol. The average Bonchev–Trinajstić information content (AvgIpc) is 2.64. The zero-order valence-electron chi connectivity index (χ0n) is 14.8. The molecular weight excluding hydrogens is 371 g/mol. The lowest BCUT2D eigenvalue weighted by Crippen LogP contribution is -2.43. The Morgan fingerprint density at radius 1 is 1.23 bits per heavy atom. The van der Waals surface area contributed by atoms with Crippen LogP contribution in [-0.4, -0.2) is 37.6 Å². The molecule has 0 bridgehead atoms. The summed E-state index contributed by atoms with van der Waals surface area (Å²) in [5, 5.41) is 3.86. The molecule has 0 aliphatic carbocycles. The molecule has 0 aromatic heterocycles. The lowest BCUT2D eigenvalue weighted by Gasteiger charge is -2.37. The lowest BCUT2D eigenvalue weighted by atomic mass is 9.90. The highest BCUT2D eigenvalue weighted by atomic mass is 35.5. The Bertz CT molecular complexity index is 725. The zero-order chi connectivity index (χ0) is 17.6. The molecule has 2 aromatic carbocycles. The van der Waals surface area contributed by atoms with E-state index in [0.29, 0.717) is 31.3 Å². The van der Waals surface area contributed by atoms with Crippen LogP contribution >= 0.6 is 24.0 Å². The Morgan fingerprint density at radius 3 is 2.73 bits per heavy atom. The maximum atomic E-state index is 12.8. The normalized spacial score (nSPS) is 15.9. The van der Waals surface area contributed by atoms with Crippen molar-refractivity contribution in [2.75, 3.05) is 26.8 Å². The molecule has 1 unspecified atom stereocenters. The van der Waals surface area contributed by atoms with Crippen molar-refractivity contribution < 1.29 is 9.53 Å². The summed E-state index contributed by atoms with van der Waals surface area (Å²) in [6.07, 6.45) is 0.806. The molecule has 1 atom stereocenters. The minimum atomic E-state index is 0. The van der Waals surface area contributed by atoms with Crippen LogP contribution in [-0.2, 0) is 22.5 Å². The third-order valence-corrected chi connectivity index (χ3v) is 4.80. The van der Waals surface area contributed by atoms with Gasteiger partial charge < -0.3 is 15.0 Å². The van der Waals surface area contributed by atoms with Crippen LogP contribution < -0.4 is 5.32 Å². The number of hydrogen-bond donors (Lipinski definition) is 1. The van der Waals surface area contributed by atoms with E-state index in [2.05, 4.69) is 23.5 Å². The van der Waals surface area contributed by atoms with E-state index < -0.39 is 0 Å². The molecule has 26 heavy (non-hydrogen) atoms. The van der Waals surface area contributed by atoms with Gasteiger partial charge in [-0.2, -0.15) is 0 Å². The van der Waals surface area contributed by atoms with Crippen molar-refractivity contribution in [1.29, 1.82) is 0 Å². The van der Waals surface area contributed by atoms with Crippen LogP contribution in [0.4, 0.5) is 0 Å². The second-order valence-corrected chi connectivity index (χ2v) is 6.67. The number of nitrogens with one attached hydrogen (secondary N) is 1. The van der Waals surface area contributed by atoms with Gasteiger partial charge in [-0.1, -0.05) is 48.0 Å². The Kier molecular flexibility index (Phi) is 7.91. The Labute approximate surface area is 165 Å². The molecule has 140 valence electrons. The first-order valence-electron chi connectivity index (χ1n) is 8.50. The first-order chi connectivity index (χ1) is 12.2. The number of amides is 1. The van der Waals surface area contributed by atoms with Gasteiger partial charge in [0.1, 0.15) is 0 Å². The maximum absolute atomic E-state index is 12.8. The molecule has 3 rings (SSSR count). The number of rotatable bonds is 6. The van der Waals surface area contributed by atoms with Crippen LogP contribution in [0.1, 0.15) is 22.7 Å². The number of benzene rings is 2. The molecule has 0 spiro atoms. The fraction of sp³-hybridized carbons (Fsp3) is 0.350. The highest BCUT2D eigenvalue weighted by Crippen LogP contribution is 2.34. The first kappa shape index (κ1) is 20.7. The second-order valence-electron chi connectivity index (χ2n) is 6.23. The van der Waals surface area contributed by atoms with E-state index in [0.717, 1.165) is 17.5 Å². The van der Waals surface area contributed by atoms with Gasteiger partial charge in [0, 0.05) is 25.2 Å². The fourth-order valence-electron chi connectivity index (χ4n) is 3.26. The summed E-state index contributed by atoms with van der Waals surface area (Å²) in [5.41, 5.74) is 3.55. The van der Waals surface area contributed by atoms with Gasteiger partial charge in [0.05, 0.1) is 19.2 Å². The highest BCUT2D eigenvalue weighted by Gasteiger charge is 2.30. The molecule has 0 saturated heterocycles. The van der Waals surface area contributed by atoms with Crippen molar-refractivity contribution in [3.63, 3.8) is 0 Å². The van der Waals surface area contributed by atoms with Gasteiger partial charge in [-0.15, -0.1) is 12.4 Å². The summed E-state index contributed by atoms with van der Waals surface area (Å²) < 4.78 is 5.02. The van der Waals surface area contributed by atoms with Crippen LogP contribution in [0, 0.1) is 0 Å². The number of carbonyl (C=O) groups excluding carboxylic acids is 1. The third-order valence-electron chi connectivity index (χ3n) is 4.56. The summed E-state index contributed by atoms with van der Waals surface area (Å²) in [4.78, 5) is 14.8. The van der Waals surface area contributed by atoms with Gasteiger partial charge in [0.2, 0.25) is 5.91 Å². The number of nitrogens with zero attached hydrogens (tertiary/aromatic N) is 1. The minimum Gasteiger partial charge on any atom is -0.383 e. The molecule has 6 heteroatoms. The maximum Gasteiger partial charge on any atom is 0.237 e. The van der Waals surface area contributed by atoms with E-state index in [1.807, 2.05) is 35.2 Å². The molecule has 1 amide bonds. The van der Waals surface area contributed by atoms with Crippen molar-refractivity contribution in [1.82, 2.24) is 10.2 Å². The van der Waals surface area contributed by atoms with Crippen molar-refractivity contribution in [2.45, 2.75) is 19.0 Å². The largest absolute Gasteiger partial charge is 0.383 e. The molecule has 2 aromatic rings. The van der Waals surface area contributed by atoms with Crippen LogP contribution in [0.2, 0.25) is 5.02 Å². The number of carbonyl (C=O) groups is 1. The van der Waals surface area contributed by atoms with Gasteiger partial charge in [0.25, 0.3) is 0 Å². The molecule has 0 fully saturated rings. The SMILES string of the molecule is COCCNCC(=O)N1Cc2cc(Cl)ccc2CC1c1ccccc1.Cl. The summed E-state index contributed by atoms with van der Waals surface area (Å²) in [6.45, 7) is 2.14. The number of halogens is 2. The van der Waals surface area contributed by atoms with E-state index in [4.69, 9.17) is 16.3 Å².